The molecule has 0 aliphatic carbocycles. The van der Waals surface area contributed by atoms with E-state index in [2.05, 4.69) is 27.0 Å². The van der Waals surface area contributed by atoms with Crippen LogP contribution in [-0.4, -0.2) is 68.6 Å². The summed E-state index contributed by atoms with van der Waals surface area (Å²) in [5.41, 5.74) is 3.62. The van der Waals surface area contributed by atoms with Crippen molar-refractivity contribution in [2.45, 2.75) is 13.8 Å². The zero-order valence-corrected chi connectivity index (χ0v) is 17.2. The van der Waals surface area contributed by atoms with E-state index in [9.17, 15) is 4.79 Å². The number of amides is 1. The average Bonchev–Trinajstić information content (AvgIpc) is 3.27. The molecule has 0 saturated carbocycles. The van der Waals surface area contributed by atoms with Gasteiger partial charge in [0, 0.05) is 45.6 Å². The van der Waals surface area contributed by atoms with Gasteiger partial charge in [0.1, 0.15) is 5.56 Å². The zero-order chi connectivity index (χ0) is 20.5. The third-order valence-corrected chi connectivity index (χ3v) is 5.22. The van der Waals surface area contributed by atoms with Gasteiger partial charge in [-0.3, -0.25) is 9.48 Å². The molecule has 0 radical (unpaired) electrons. The van der Waals surface area contributed by atoms with E-state index in [1.165, 1.54) is 7.11 Å². The Morgan fingerprint density at radius 3 is 2.52 bits per heavy atom. The van der Waals surface area contributed by atoms with Gasteiger partial charge in [0.15, 0.2) is 5.82 Å². The molecule has 0 N–H and O–H groups in total. The number of nitrogens with zero attached hydrogens (tertiary/aromatic N) is 7. The van der Waals surface area contributed by atoms with Gasteiger partial charge in [0.2, 0.25) is 5.88 Å². The van der Waals surface area contributed by atoms with Gasteiger partial charge in [0.25, 0.3) is 5.91 Å². The summed E-state index contributed by atoms with van der Waals surface area (Å²) >= 11 is 0. The van der Waals surface area contributed by atoms with Gasteiger partial charge in [-0.05, 0) is 26.0 Å². The van der Waals surface area contributed by atoms with Gasteiger partial charge in [-0.25, -0.2) is 9.67 Å². The maximum absolute atomic E-state index is 12.9. The second kappa shape index (κ2) is 7.57. The van der Waals surface area contributed by atoms with Gasteiger partial charge >= 0.3 is 0 Å². The minimum atomic E-state index is -0.0489. The normalized spacial score (nSPS) is 14.3. The van der Waals surface area contributed by atoms with Crippen molar-refractivity contribution in [1.29, 1.82) is 0 Å². The third kappa shape index (κ3) is 3.43. The summed E-state index contributed by atoms with van der Waals surface area (Å²) in [5.74, 6) is 1.12. The van der Waals surface area contributed by atoms with Crippen LogP contribution >= 0.6 is 0 Å². The molecule has 1 saturated heterocycles. The van der Waals surface area contributed by atoms with Crippen LogP contribution in [0.25, 0.3) is 5.82 Å². The van der Waals surface area contributed by atoms with Crippen molar-refractivity contribution < 1.29 is 9.53 Å². The molecular formula is C20H25N7O2. The average molecular weight is 395 g/mol. The number of hydrogen-bond donors (Lipinski definition) is 0. The second-order valence-corrected chi connectivity index (χ2v) is 7.12. The Morgan fingerprint density at radius 1 is 1.10 bits per heavy atom. The number of aromatic nitrogens is 5. The van der Waals surface area contributed by atoms with Crippen molar-refractivity contribution in [3.63, 3.8) is 0 Å². The van der Waals surface area contributed by atoms with Gasteiger partial charge in [0.05, 0.1) is 24.2 Å². The molecule has 3 aromatic rings. The molecule has 0 atom stereocenters. The molecule has 1 amide bonds. The smallest absolute Gasteiger partial charge is 0.261 e. The van der Waals surface area contributed by atoms with Crippen molar-refractivity contribution in [2.75, 3.05) is 38.2 Å². The van der Waals surface area contributed by atoms with Crippen molar-refractivity contribution in [3.8, 4) is 11.7 Å². The highest BCUT2D eigenvalue weighted by Crippen LogP contribution is 2.28. The van der Waals surface area contributed by atoms with Crippen LogP contribution in [0.3, 0.4) is 0 Å². The quantitative estimate of drug-likeness (QED) is 0.667. The summed E-state index contributed by atoms with van der Waals surface area (Å²) in [5, 5.41) is 8.87. The highest BCUT2D eigenvalue weighted by Gasteiger charge is 2.28. The molecule has 9 heteroatoms. The standard InChI is InChI=1S/C20H25N7O2/c1-14-18(15(2)27(22-14)17-7-5-6-8-21-17)25-9-11-26(12-10-25)20(28)16-13-24(3)23-19(16)29-4/h5-8,13H,9-12H2,1-4H3. The summed E-state index contributed by atoms with van der Waals surface area (Å²) in [7, 11) is 3.31. The number of ether oxygens (including phenoxy) is 1. The van der Waals surface area contributed by atoms with Crippen LogP contribution in [0.4, 0.5) is 5.69 Å². The van der Waals surface area contributed by atoms with Gasteiger partial charge in [-0.2, -0.15) is 5.10 Å². The van der Waals surface area contributed by atoms with Crippen LogP contribution in [0.15, 0.2) is 30.6 Å². The first kappa shape index (κ1) is 19.0. The number of methoxy groups -OCH3 is 1. The molecule has 152 valence electrons. The van der Waals surface area contributed by atoms with E-state index in [1.54, 1.807) is 24.1 Å². The van der Waals surface area contributed by atoms with Crippen molar-refractivity contribution in [3.05, 3.63) is 47.5 Å². The van der Waals surface area contributed by atoms with Crippen molar-refractivity contribution in [2.24, 2.45) is 7.05 Å². The molecule has 9 nitrogen and oxygen atoms in total. The van der Waals surface area contributed by atoms with E-state index in [1.807, 2.05) is 34.7 Å². The number of rotatable bonds is 4. The SMILES string of the molecule is COc1nn(C)cc1C(=O)N1CCN(c2c(C)nn(-c3ccccn3)c2C)CC1. The van der Waals surface area contributed by atoms with Crippen LogP contribution in [0.5, 0.6) is 5.88 Å². The van der Waals surface area contributed by atoms with E-state index in [0.717, 1.165) is 36.0 Å². The maximum Gasteiger partial charge on any atom is 0.261 e. The first-order valence-electron chi connectivity index (χ1n) is 9.59. The largest absolute Gasteiger partial charge is 0.479 e. The summed E-state index contributed by atoms with van der Waals surface area (Å²) < 4.78 is 8.71. The summed E-state index contributed by atoms with van der Waals surface area (Å²) in [6.45, 7) is 6.81. The molecule has 4 rings (SSSR count). The first-order valence-corrected chi connectivity index (χ1v) is 9.59. The van der Waals surface area contributed by atoms with E-state index in [0.29, 0.717) is 24.5 Å². The summed E-state index contributed by atoms with van der Waals surface area (Å²) in [6.07, 6.45) is 3.47. The molecule has 4 heterocycles. The number of pyridine rings is 1. The number of piperazine rings is 1. The molecule has 0 aromatic carbocycles. The van der Waals surface area contributed by atoms with Crippen molar-refractivity contribution in [1.82, 2.24) is 29.4 Å². The molecule has 1 aliphatic heterocycles. The Bertz CT molecular complexity index is 1020. The lowest BCUT2D eigenvalue weighted by Gasteiger charge is -2.36. The Balaban J connectivity index is 1.50. The topological polar surface area (TPSA) is 81.3 Å². The molecule has 0 spiro atoms. The van der Waals surface area contributed by atoms with Crippen LogP contribution in [0.2, 0.25) is 0 Å². The molecule has 1 fully saturated rings. The van der Waals surface area contributed by atoms with Crippen LogP contribution in [-0.2, 0) is 7.05 Å². The molecule has 3 aromatic heterocycles. The van der Waals surface area contributed by atoms with E-state index >= 15 is 0 Å². The molecule has 0 bridgehead atoms. The zero-order valence-electron chi connectivity index (χ0n) is 17.2. The monoisotopic (exact) mass is 395 g/mol. The Labute approximate surface area is 169 Å². The molecule has 29 heavy (non-hydrogen) atoms. The first-order chi connectivity index (χ1) is 14.0. The maximum atomic E-state index is 12.9. The third-order valence-electron chi connectivity index (χ3n) is 5.22. The lowest BCUT2D eigenvalue weighted by Crippen LogP contribution is -2.49. The predicted octanol–water partition coefficient (Wildman–Crippen LogP) is 1.59. The Morgan fingerprint density at radius 2 is 1.86 bits per heavy atom. The number of anilines is 1. The van der Waals surface area contributed by atoms with E-state index < -0.39 is 0 Å². The molecular weight excluding hydrogens is 370 g/mol. The fraction of sp³-hybridized carbons (Fsp3) is 0.400. The highest BCUT2D eigenvalue weighted by atomic mass is 16.5. The van der Waals surface area contributed by atoms with Crippen LogP contribution in [0, 0.1) is 13.8 Å². The van der Waals surface area contributed by atoms with E-state index in [4.69, 9.17) is 4.74 Å². The highest BCUT2D eigenvalue weighted by molar-refractivity contribution is 5.96. The Kier molecular flexibility index (Phi) is 4.96. The lowest BCUT2D eigenvalue weighted by molar-refractivity contribution is 0.0743. The fourth-order valence-electron chi connectivity index (χ4n) is 3.86. The Hall–Kier alpha value is -3.36. The van der Waals surface area contributed by atoms with Crippen molar-refractivity contribution >= 4 is 11.6 Å². The minimum Gasteiger partial charge on any atom is -0.479 e. The number of aryl methyl sites for hydroxylation is 2. The summed E-state index contributed by atoms with van der Waals surface area (Å²) in [6, 6.07) is 5.79. The summed E-state index contributed by atoms with van der Waals surface area (Å²) in [4.78, 5) is 21.5. The second-order valence-electron chi connectivity index (χ2n) is 7.12. The van der Waals surface area contributed by atoms with Crippen LogP contribution in [0.1, 0.15) is 21.7 Å². The molecule has 0 unspecified atom stereocenters. The number of carbonyl (C=O) groups excluding carboxylic acids is 1. The molecule has 1 aliphatic rings. The van der Waals surface area contributed by atoms with E-state index in [-0.39, 0.29) is 5.91 Å². The fourth-order valence-corrected chi connectivity index (χ4v) is 3.86. The predicted molar refractivity (Wildman–Crippen MR) is 109 cm³/mol. The minimum absolute atomic E-state index is 0.0489. The van der Waals surface area contributed by atoms with Crippen LogP contribution < -0.4 is 9.64 Å². The van der Waals surface area contributed by atoms with Gasteiger partial charge in [-0.1, -0.05) is 6.07 Å². The van der Waals surface area contributed by atoms with Gasteiger partial charge in [-0.15, -0.1) is 5.10 Å². The lowest BCUT2D eigenvalue weighted by atomic mass is 10.2. The van der Waals surface area contributed by atoms with Gasteiger partial charge < -0.3 is 14.5 Å². The number of hydrogen-bond acceptors (Lipinski definition) is 6. The number of carbonyl (C=O) groups is 1.